The van der Waals surface area contributed by atoms with Gasteiger partial charge in [0.25, 0.3) is 0 Å². The number of aliphatic hydroxyl groups is 1. The maximum atomic E-state index is 12.5. The van der Waals surface area contributed by atoms with Crippen molar-refractivity contribution < 1.29 is 18.3 Å². The molecule has 0 saturated carbocycles. The summed E-state index contributed by atoms with van der Waals surface area (Å²) in [6, 6.07) is 2.76. The van der Waals surface area contributed by atoms with E-state index in [1.54, 1.807) is 0 Å². The third-order valence-electron chi connectivity index (χ3n) is 2.49. The summed E-state index contributed by atoms with van der Waals surface area (Å²) in [6.07, 6.45) is -3.63. The van der Waals surface area contributed by atoms with Gasteiger partial charge in [-0.2, -0.15) is 13.2 Å². The average molecular weight is 263 g/mol. The molecular weight excluding hydrogens is 243 g/mol. The Labute approximate surface area is 106 Å². The summed E-state index contributed by atoms with van der Waals surface area (Å²) >= 11 is 0. The lowest BCUT2D eigenvalue weighted by molar-refractivity contribution is -0.259. The molecule has 0 aliphatic rings. The van der Waals surface area contributed by atoms with Crippen LogP contribution in [0.4, 0.5) is 13.2 Å². The zero-order valence-electron chi connectivity index (χ0n) is 11.3. The third-order valence-corrected chi connectivity index (χ3v) is 2.49. The number of hydrogen-bond donors (Lipinski definition) is 1. The molecule has 1 rings (SSSR count). The zero-order chi connectivity index (χ0) is 14.6. The number of pyridine rings is 1. The van der Waals surface area contributed by atoms with Crippen molar-refractivity contribution in [3.63, 3.8) is 0 Å². The molecule has 1 atom stereocenters. The van der Waals surface area contributed by atoms with Gasteiger partial charge in [0.15, 0.2) is 5.60 Å². The second-order valence-electron chi connectivity index (χ2n) is 4.20. The monoisotopic (exact) mass is 263 g/mol. The lowest BCUT2D eigenvalue weighted by atomic mass is 9.96. The Morgan fingerprint density at radius 2 is 1.67 bits per heavy atom. The minimum absolute atomic E-state index is 0.143. The van der Waals surface area contributed by atoms with Crippen molar-refractivity contribution in [1.29, 1.82) is 0 Å². The van der Waals surface area contributed by atoms with Gasteiger partial charge in [-0.15, -0.1) is 0 Å². The molecule has 0 radical (unpaired) electrons. The normalized spacial score (nSPS) is 14.8. The Morgan fingerprint density at radius 1 is 1.17 bits per heavy atom. The molecule has 1 N–H and O–H groups in total. The molecule has 0 aliphatic heterocycles. The fourth-order valence-corrected chi connectivity index (χ4v) is 1.20. The quantitative estimate of drug-likeness (QED) is 0.874. The summed E-state index contributed by atoms with van der Waals surface area (Å²) in [4.78, 5) is 3.90. The van der Waals surface area contributed by atoms with E-state index in [1.807, 2.05) is 27.7 Å². The van der Waals surface area contributed by atoms with E-state index in [2.05, 4.69) is 4.98 Å². The van der Waals surface area contributed by atoms with Crippen molar-refractivity contribution in [2.75, 3.05) is 0 Å². The number of nitrogens with zero attached hydrogens (tertiary/aromatic N) is 1. The number of halogens is 3. The highest BCUT2D eigenvalue weighted by atomic mass is 19.4. The first-order valence-electron chi connectivity index (χ1n) is 5.92. The summed E-state index contributed by atoms with van der Waals surface area (Å²) in [5.41, 5.74) is -2.40. The molecule has 2 nitrogen and oxygen atoms in total. The van der Waals surface area contributed by atoms with E-state index >= 15 is 0 Å². The van der Waals surface area contributed by atoms with E-state index in [0.29, 0.717) is 5.69 Å². The van der Waals surface area contributed by atoms with Crippen molar-refractivity contribution in [2.45, 2.75) is 52.3 Å². The molecule has 0 aromatic carbocycles. The second-order valence-corrected chi connectivity index (χ2v) is 4.20. The van der Waals surface area contributed by atoms with Crippen molar-refractivity contribution >= 4 is 0 Å². The first-order chi connectivity index (χ1) is 8.16. The lowest BCUT2D eigenvalue weighted by Gasteiger charge is -2.26. The van der Waals surface area contributed by atoms with Crippen LogP contribution in [0.15, 0.2) is 18.3 Å². The fraction of sp³-hybridized carbons (Fsp3) is 0.615. The smallest absolute Gasteiger partial charge is 0.376 e. The van der Waals surface area contributed by atoms with Crippen molar-refractivity contribution in [2.24, 2.45) is 0 Å². The van der Waals surface area contributed by atoms with E-state index in [0.717, 1.165) is 13.1 Å². The third kappa shape index (κ3) is 3.70. The van der Waals surface area contributed by atoms with Gasteiger partial charge >= 0.3 is 6.18 Å². The van der Waals surface area contributed by atoms with E-state index in [9.17, 15) is 18.3 Å². The summed E-state index contributed by atoms with van der Waals surface area (Å²) in [7, 11) is 0. The fourth-order valence-electron chi connectivity index (χ4n) is 1.20. The molecule has 1 heterocycles. The molecule has 1 unspecified atom stereocenters. The molecule has 0 spiro atoms. The first kappa shape index (κ1) is 16.9. The van der Waals surface area contributed by atoms with E-state index in [4.69, 9.17) is 0 Å². The van der Waals surface area contributed by atoms with Gasteiger partial charge in [0, 0.05) is 17.5 Å². The van der Waals surface area contributed by atoms with Gasteiger partial charge in [-0.05, 0) is 18.9 Å². The number of hydrogen-bond acceptors (Lipinski definition) is 2. The van der Waals surface area contributed by atoms with Crippen LogP contribution in [0.2, 0.25) is 0 Å². The van der Waals surface area contributed by atoms with Crippen molar-refractivity contribution in [3.05, 3.63) is 29.6 Å². The molecule has 0 fully saturated rings. The van der Waals surface area contributed by atoms with Crippen LogP contribution in [-0.2, 0) is 5.60 Å². The van der Waals surface area contributed by atoms with Gasteiger partial charge < -0.3 is 5.11 Å². The Bertz CT molecular complexity index is 355. The molecule has 1 aromatic rings. The molecule has 1 aromatic heterocycles. The van der Waals surface area contributed by atoms with Crippen LogP contribution in [0.5, 0.6) is 0 Å². The predicted octanol–water partition coefficient (Wildman–Crippen LogP) is 4.00. The van der Waals surface area contributed by atoms with E-state index in [-0.39, 0.29) is 11.5 Å². The highest BCUT2D eigenvalue weighted by molar-refractivity contribution is 5.23. The van der Waals surface area contributed by atoms with Crippen LogP contribution in [0.3, 0.4) is 0 Å². The van der Waals surface area contributed by atoms with Gasteiger partial charge in [0.2, 0.25) is 0 Å². The zero-order valence-corrected chi connectivity index (χ0v) is 11.3. The maximum absolute atomic E-state index is 12.5. The van der Waals surface area contributed by atoms with Crippen molar-refractivity contribution in [1.82, 2.24) is 4.98 Å². The SMILES string of the molecule is CC.CC(C)c1ccc(C(C)(O)C(F)(F)F)cn1. The van der Waals surface area contributed by atoms with E-state index in [1.165, 1.54) is 12.1 Å². The van der Waals surface area contributed by atoms with Gasteiger partial charge in [-0.25, -0.2) is 0 Å². The maximum Gasteiger partial charge on any atom is 0.421 e. The molecule has 0 aliphatic carbocycles. The molecule has 0 saturated heterocycles. The summed E-state index contributed by atoms with van der Waals surface area (Å²) in [6.45, 7) is 8.51. The second kappa shape index (κ2) is 6.18. The van der Waals surface area contributed by atoms with Crippen LogP contribution >= 0.6 is 0 Å². The Hall–Kier alpha value is -1.10. The van der Waals surface area contributed by atoms with Gasteiger partial charge in [-0.1, -0.05) is 33.8 Å². The van der Waals surface area contributed by atoms with Gasteiger partial charge in [0.05, 0.1) is 0 Å². The Kier molecular flexibility index (Phi) is 5.80. The molecule has 18 heavy (non-hydrogen) atoms. The number of rotatable bonds is 2. The highest BCUT2D eigenvalue weighted by Crippen LogP contribution is 2.38. The number of aromatic nitrogens is 1. The predicted molar refractivity (Wildman–Crippen MR) is 65.3 cm³/mol. The Morgan fingerprint density at radius 3 is 1.94 bits per heavy atom. The van der Waals surface area contributed by atoms with Crippen molar-refractivity contribution in [3.8, 4) is 0 Å². The van der Waals surface area contributed by atoms with Crippen LogP contribution in [0.1, 0.15) is 51.8 Å². The minimum Gasteiger partial charge on any atom is -0.376 e. The molecule has 0 amide bonds. The van der Waals surface area contributed by atoms with E-state index < -0.39 is 11.8 Å². The molecule has 0 bridgehead atoms. The lowest BCUT2D eigenvalue weighted by Crippen LogP contribution is -2.39. The van der Waals surface area contributed by atoms with Crippen LogP contribution in [-0.4, -0.2) is 16.3 Å². The highest BCUT2D eigenvalue weighted by Gasteiger charge is 2.51. The molecule has 5 heteroatoms. The minimum atomic E-state index is -4.70. The molecule has 104 valence electrons. The average Bonchev–Trinajstić information content (AvgIpc) is 2.30. The summed E-state index contributed by atoms with van der Waals surface area (Å²) < 4.78 is 37.5. The van der Waals surface area contributed by atoms with Crippen LogP contribution < -0.4 is 0 Å². The topological polar surface area (TPSA) is 33.1 Å². The largest absolute Gasteiger partial charge is 0.421 e. The van der Waals surface area contributed by atoms with Crippen LogP contribution in [0.25, 0.3) is 0 Å². The summed E-state index contributed by atoms with van der Waals surface area (Å²) in [5, 5.41) is 9.39. The number of alkyl halides is 3. The standard InChI is InChI=1S/C11H14F3NO.C2H6/c1-7(2)9-5-4-8(6-15-9)10(3,16)11(12,13)14;1-2/h4-7,16H,1-3H3;1-2H3. The summed E-state index contributed by atoms with van der Waals surface area (Å²) in [5.74, 6) is 0.143. The van der Waals surface area contributed by atoms with Crippen LogP contribution in [0, 0.1) is 0 Å². The Balaban J connectivity index is 0.00000137. The van der Waals surface area contributed by atoms with Gasteiger partial charge in [-0.3, -0.25) is 4.98 Å². The first-order valence-corrected chi connectivity index (χ1v) is 5.92. The molecular formula is C13H20F3NO. The van der Waals surface area contributed by atoms with Gasteiger partial charge in [0.1, 0.15) is 0 Å².